The van der Waals surface area contributed by atoms with Gasteiger partial charge in [0.05, 0.1) is 0 Å². The lowest BCUT2D eigenvalue weighted by molar-refractivity contribution is 0.0590. The van der Waals surface area contributed by atoms with Crippen LogP contribution in [0.3, 0.4) is 0 Å². The first-order chi connectivity index (χ1) is 7.56. The molecule has 1 fully saturated rings. The fraction of sp³-hybridized carbons (Fsp3) is 0.615. The number of hydrogen-bond acceptors (Lipinski definition) is 2. The number of piperidine rings is 1. The van der Waals surface area contributed by atoms with Gasteiger partial charge in [-0.2, -0.15) is 0 Å². The summed E-state index contributed by atoms with van der Waals surface area (Å²) in [5.41, 5.74) is 0. The maximum Gasteiger partial charge on any atom is 0.289 e. The number of hydrogen-bond donors (Lipinski definition) is 0. The topological polar surface area (TPSA) is 33.5 Å². The van der Waals surface area contributed by atoms with Gasteiger partial charge in [-0.25, -0.2) is 0 Å². The van der Waals surface area contributed by atoms with Crippen molar-refractivity contribution < 1.29 is 9.21 Å². The second-order valence-electron chi connectivity index (χ2n) is 5.07. The van der Waals surface area contributed by atoms with Crippen LogP contribution >= 0.6 is 0 Å². The van der Waals surface area contributed by atoms with Gasteiger partial charge in [-0.05, 0) is 37.3 Å². The first kappa shape index (κ1) is 11.2. The van der Waals surface area contributed by atoms with Gasteiger partial charge >= 0.3 is 0 Å². The zero-order valence-electron chi connectivity index (χ0n) is 10.2. The molecule has 1 aromatic heterocycles. The standard InChI is InChI=1S/C13H19NO2/c1-9-6-10(2)8-14(7-9)13(15)12-5-4-11(3)16-12/h4-5,9-10H,6-8H2,1-3H3/t9-,10+. The minimum atomic E-state index is 0.0338. The van der Waals surface area contributed by atoms with Gasteiger partial charge in [-0.3, -0.25) is 4.79 Å². The van der Waals surface area contributed by atoms with Crippen LogP contribution in [0.1, 0.15) is 36.6 Å². The highest BCUT2D eigenvalue weighted by molar-refractivity contribution is 5.91. The highest BCUT2D eigenvalue weighted by Gasteiger charge is 2.27. The molecule has 0 unspecified atom stereocenters. The van der Waals surface area contributed by atoms with Crippen molar-refractivity contribution in [1.29, 1.82) is 0 Å². The number of aryl methyl sites for hydroxylation is 1. The van der Waals surface area contributed by atoms with Crippen LogP contribution in [0.4, 0.5) is 0 Å². The quantitative estimate of drug-likeness (QED) is 0.730. The molecule has 2 heterocycles. The van der Waals surface area contributed by atoms with Gasteiger partial charge in [0, 0.05) is 13.1 Å². The van der Waals surface area contributed by atoms with Crippen molar-refractivity contribution in [2.45, 2.75) is 27.2 Å². The summed E-state index contributed by atoms with van der Waals surface area (Å²) in [5.74, 6) is 2.47. The van der Waals surface area contributed by atoms with Crippen LogP contribution in [-0.4, -0.2) is 23.9 Å². The Hall–Kier alpha value is -1.25. The molecule has 1 aliphatic rings. The molecule has 88 valence electrons. The van der Waals surface area contributed by atoms with Crippen molar-refractivity contribution in [2.75, 3.05) is 13.1 Å². The third-order valence-electron chi connectivity index (χ3n) is 3.11. The van der Waals surface area contributed by atoms with E-state index < -0.39 is 0 Å². The fourth-order valence-electron chi connectivity index (χ4n) is 2.53. The minimum absolute atomic E-state index is 0.0338. The van der Waals surface area contributed by atoms with Gasteiger partial charge in [0.1, 0.15) is 5.76 Å². The number of rotatable bonds is 1. The molecule has 0 aromatic carbocycles. The van der Waals surface area contributed by atoms with Crippen LogP contribution in [0, 0.1) is 18.8 Å². The van der Waals surface area contributed by atoms with Crippen LogP contribution in [0.5, 0.6) is 0 Å². The molecule has 0 bridgehead atoms. The number of amides is 1. The SMILES string of the molecule is Cc1ccc(C(=O)N2C[C@H](C)C[C@H](C)C2)o1. The molecule has 1 aliphatic heterocycles. The predicted octanol–water partition coefficient (Wildman–Crippen LogP) is 2.71. The van der Waals surface area contributed by atoms with Gasteiger partial charge in [0.25, 0.3) is 5.91 Å². The number of nitrogens with zero attached hydrogens (tertiary/aromatic N) is 1. The summed E-state index contributed by atoms with van der Waals surface area (Å²) >= 11 is 0. The van der Waals surface area contributed by atoms with Crippen LogP contribution in [0.15, 0.2) is 16.5 Å². The zero-order chi connectivity index (χ0) is 11.7. The molecule has 0 aliphatic carbocycles. The van der Waals surface area contributed by atoms with Gasteiger partial charge in [0.15, 0.2) is 5.76 Å². The van der Waals surface area contributed by atoms with Crippen LogP contribution in [-0.2, 0) is 0 Å². The van der Waals surface area contributed by atoms with Crippen molar-refractivity contribution >= 4 is 5.91 Å². The van der Waals surface area contributed by atoms with Crippen LogP contribution < -0.4 is 0 Å². The molecule has 2 rings (SSSR count). The smallest absolute Gasteiger partial charge is 0.289 e. The Kier molecular flexibility index (Phi) is 3.03. The lowest BCUT2D eigenvalue weighted by atomic mass is 9.92. The van der Waals surface area contributed by atoms with E-state index in [1.165, 1.54) is 6.42 Å². The Morgan fingerprint density at radius 2 is 1.94 bits per heavy atom. The fourth-order valence-corrected chi connectivity index (χ4v) is 2.53. The molecule has 0 spiro atoms. The third kappa shape index (κ3) is 2.29. The molecule has 0 saturated carbocycles. The number of carbonyl (C=O) groups is 1. The molecule has 3 nitrogen and oxygen atoms in total. The summed E-state index contributed by atoms with van der Waals surface area (Å²) in [6.45, 7) is 7.96. The number of carbonyl (C=O) groups excluding carboxylic acids is 1. The Bertz CT molecular complexity index is 373. The monoisotopic (exact) mass is 221 g/mol. The molecule has 0 N–H and O–H groups in total. The highest BCUT2D eigenvalue weighted by Crippen LogP contribution is 2.22. The molecule has 1 aromatic rings. The largest absolute Gasteiger partial charge is 0.456 e. The van der Waals surface area contributed by atoms with E-state index in [0.29, 0.717) is 17.6 Å². The third-order valence-corrected chi connectivity index (χ3v) is 3.11. The van der Waals surface area contributed by atoms with Gasteiger partial charge in [0.2, 0.25) is 0 Å². The molecular formula is C13H19NO2. The zero-order valence-corrected chi connectivity index (χ0v) is 10.2. The van der Waals surface area contributed by atoms with Gasteiger partial charge in [-0.1, -0.05) is 13.8 Å². The van der Waals surface area contributed by atoms with Gasteiger partial charge < -0.3 is 9.32 Å². The maximum atomic E-state index is 12.1. The normalized spacial score (nSPS) is 25.8. The van der Waals surface area contributed by atoms with Crippen LogP contribution in [0.25, 0.3) is 0 Å². The van der Waals surface area contributed by atoms with Crippen molar-refractivity contribution in [3.8, 4) is 0 Å². The average molecular weight is 221 g/mol. The summed E-state index contributed by atoms with van der Waals surface area (Å²) in [6.07, 6.45) is 1.21. The van der Waals surface area contributed by atoms with Crippen LogP contribution in [0.2, 0.25) is 0 Å². The van der Waals surface area contributed by atoms with Crippen molar-refractivity contribution in [3.05, 3.63) is 23.7 Å². The van der Waals surface area contributed by atoms with E-state index in [1.54, 1.807) is 6.07 Å². The van der Waals surface area contributed by atoms with E-state index >= 15 is 0 Å². The van der Waals surface area contributed by atoms with E-state index in [2.05, 4.69) is 13.8 Å². The number of furan rings is 1. The summed E-state index contributed by atoms with van der Waals surface area (Å²) < 4.78 is 5.38. The second kappa shape index (κ2) is 4.32. The summed E-state index contributed by atoms with van der Waals surface area (Å²) in [6, 6.07) is 3.60. The lowest BCUT2D eigenvalue weighted by Crippen LogP contribution is -2.42. The first-order valence-corrected chi connectivity index (χ1v) is 5.92. The summed E-state index contributed by atoms with van der Waals surface area (Å²) in [7, 11) is 0. The predicted molar refractivity (Wildman–Crippen MR) is 62.3 cm³/mol. The molecule has 1 saturated heterocycles. The average Bonchev–Trinajstić information content (AvgIpc) is 2.62. The highest BCUT2D eigenvalue weighted by atomic mass is 16.3. The van der Waals surface area contributed by atoms with Gasteiger partial charge in [-0.15, -0.1) is 0 Å². The van der Waals surface area contributed by atoms with E-state index in [1.807, 2.05) is 17.9 Å². The minimum Gasteiger partial charge on any atom is -0.456 e. The molecule has 16 heavy (non-hydrogen) atoms. The van der Waals surface area contributed by atoms with Crippen molar-refractivity contribution in [1.82, 2.24) is 4.90 Å². The first-order valence-electron chi connectivity index (χ1n) is 5.92. The number of likely N-dealkylation sites (tertiary alicyclic amines) is 1. The second-order valence-corrected chi connectivity index (χ2v) is 5.07. The molecule has 2 atom stereocenters. The van der Waals surface area contributed by atoms with E-state index in [4.69, 9.17) is 4.42 Å². The van der Waals surface area contributed by atoms with Crippen molar-refractivity contribution in [3.63, 3.8) is 0 Å². The Morgan fingerprint density at radius 3 is 2.44 bits per heavy atom. The van der Waals surface area contributed by atoms with E-state index in [0.717, 1.165) is 18.8 Å². The molecule has 0 radical (unpaired) electrons. The lowest BCUT2D eigenvalue weighted by Gasteiger charge is -2.34. The summed E-state index contributed by atoms with van der Waals surface area (Å²) in [5, 5.41) is 0. The summed E-state index contributed by atoms with van der Waals surface area (Å²) in [4.78, 5) is 14.1. The molecule has 1 amide bonds. The van der Waals surface area contributed by atoms with E-state index in [-0.39, 0.29) is 5.91 Å². The maximum absolute atomic E-state index is 12.1. The Morgan fingerprint density at radius 1 is 1.31 bits per heavy atom. The molecular weight excluding hydrogens is 202 g/mol. The van der Waals surface area contributed by atoms with E-state index in [9.17, 15) is 4.79 Å². The molecule has 3 heteroatoms. The Balaban J connectivity index is 2.09. The van der Waals surface area contributed by atoms with Crippen molar-refractivity contribution in [2.24, 2.45) is 11.8 Å². The Labute approximate surface area is 96.4 Å².